The van der Waals surface area contributed by atoms with Crippen molar-refractivity contribution >= 4 is 58.5 Å². The van der Waals surface area contributed by atoms with Crippen LogP contribution in [0.25, 0.3) is 29.0 Å². The number of hydrogen-bond acceptors (Lipinski definition) is 10. The monoisotopic (exact) mass is 1820 g/mol. The molecule has 10 heterocycles. The number of carbonyl (C=O) groups is 5. The van der Waals surface area contributed by atoms with E-state index in [1.54, 1.807) is 18.3 Å². The summed E-state index contributed by atoms with van der Waals surface area (Å²) < 4.78 is 8.91. The number of allylic oxidation sites excluding steroid dienone is 6. The van der Waals surface area contributed by atoms with E-state index in [1.807, 2.05) is 221 Å². The molecule has 13 aliphatic rings. The van der Waals surface area contributed by atoms with Crippen LogP contribution >= 0.6 is 0 Å². The number of aryl methyl sites for hydroxylation is 1. The van der Waals surface area contributed by atoms with Gasteiger partial charge >= 0.3 is 0 Å². The summed E-state index contributed by atoms with van der Waals surface area (Å²) >= 11 is 0. The predicted octanol–water partition coefficient (Wildman–Crippen LogP) is 21.2. The Kier molecular flexibility index (Phi) is 37.0. The summed E-state index contributed by atoms with van der Waals surface area (Å²) in [4.78, 5) is 129. The molecule has 0 radical (unpaired) electrons. The minimum absolute atomic E-state index is 0.0955. The second kappa shape index (κ2) is 47.9. The molecule has 20 rings (SSSR count). The Morgan fingerprint density at radius 1 is 0.284 bits per heavy atom. The van der Waals surface area contributed by atoms with Crippen LogP contribution in [0.3, 0.4) is 0 Å². The highest BCUT2D eigenvalue weighted by molar-refractivity contribution is 5.99. The summed E-state index contributed by atoms with van der Waals surface area (Å²) in [7, 11) is 0. The van der Waals surface area contributed by atoms with E-state index in [0.717, 1.165) is 182 Å². The molecule has 0 bridgehead atoms. The molecule has 4 atom stereocenters. The minimum Gasteiger partial charge on any atom is -0.340 e. The maximum atomic E-state index is 12.1. The Labute approximate surface area is 797 Å². The number of hydrogen-bond donors (Lipinski definition) is 0. The van der Waals surface area contributed by atoms with E-state index in [-0.39, 0.29) is 75.7 Å². The summed E-state index contributed by atoms with van der Waals surface area (Å²) in [6, 6.07) is 28.8. The molecule has 20 heteroatoms. The molecule has 0 N–H and O–H groups in total. The van der Waals surface area contributed by atoms with Crippen LogP contribution in [-0.2, 0) is 57.7 Å². The lowest BCUT2D eigenvalue weighted by Gasteiger charge is -2.42. The number of piperidine rings is 2. The van der Waals surface area contributed by atoms with Gasteiger partial charge < -0.3 is 47.3 Å². The molecule has 2 saturated carbocycles. The Morgan fingerprint density at radius 2 is 0.687 bits per heavy atom. The fourth-order valence-electron chi connectivity index (χ4n) is 20.6. The van der Waals surface area contributed by atoms with E-state index in [2.05, 4.69) is 117 Å². The number of carbonyl (C=O) groups excluding carboxylic acids is 5. The van der Waals surface area contributed by atoms with E-state index in [1.165, 1.54) is 80.1 Å². The van der Waals surface area contributed by atoms with Crippen LogP contribution in [0.5, 0.6) is 0 Å². The van der Waals surface area contributed by atoms with E-state index in [0.29, 0.717) is 59.8 Å². The normalized spacial score (nSPS) is 19.5. The number of amides is 5. The zero-order chi connectivity index (χ0) is 97.1. The first-order chi connectivity index (χ1) is 64.0. The van der Waals surface area contributed by atoms with Crippen LogP contribution in [0.2, 0.25) is 0 Å². The molecular formula is C114H154N10O10. The van der Waals surface area contributed by atoms with Crippen LogP contribution in [0.15, 0.2) is 199 Å². The third kappa shape index (κ3) is 25.2. The minimum atomic E-state index is 0.0955. The predicted molar refractivity (Wildman–Crippen MR) is 548 cm³/mol. The fraction of sp³-hybridized carbons (Fsp3) is 0.526. The smallest absolute Gasteiger partial charge is 0.258 e. The van der Waals surface area contributed by atoms with Gasteiger partial charge in [0, 0.05) is 180 Å². The van der Waals surface area contributed by atoms with Crippen molar-refractivity contribution in [2.75, 3.05) is 32.7 Å². The summed E-state index contributed by atoms with van der Waals surface area (Å²) in [5, 5.41) is 1.80. The molecule has 4 fully saturated rings. The number of benzene rings is 2. The number of pyridine rings is 5. The molecule has 7 aromatic rings. The van der Waals surface area contributed by atoms with Crippen molar-refractivity contribution in [3.05, 3.63) is 282 Å². The van der Waals surface area contributed by atoms with Crippen LogP contribution < -0.4 is 27.8 Å². The van der Waals surface area contributed by atoms with Crippen molar-refractivity contribution in [1.29, 1.82) is 0 Å². The molecule has 20 nitrogen and oxygen atoms in total. The standard InChI is InChI=1S/C12H21NO.C12H17NO.C12H15NO.C12H13NO.C11H19NO.2C11H15NO.3C11H13NO/c4*1-9(2)13-8-7-10-5-3-4-6-11(10)12(13)14;6*1-8(2)12-7-6-9-4-3-5-10(9)11(12)13/h9-11H,3-8H2,1-2H3;7-9H,3-6H2,1-2H3;3-6,9H,7-8H2,1-2H3;3-9H,1-2H3;8-10H,3-7H2,1-2H3;3,5,8H,4,6-7H2,1-2H3;3-4,8H,5-7H2,1-2H3;3*3,5-8H,4H2,1-2H3. The summed E-state index contributed by atoms with van der Waals surface area (Å²) in [6.07, 6.45) is 53.0. The number of aromatic nitrogens is 5. The highest BCUT2D eigenvalue weighted by atomic mass is 16.2. The van der Waals surface area contributed by atoms with Crippen molar-refractivity contribution in [2.45, 2.75) is 334 Å². The van der Waals surface area contributed by atoms with Gasteiger partial charge in [0.2, 0.25) is 11.8 Å². The molecule has 5 amide bonds. The molecule has 8 aliphatic carbocycles. The third-order valence-corrected chi connectivity index (χ3v) is 28.5. The fourth-order valence-corrected chi connectivity index (χ4v) is 20.6. The molecular weight excluding hydrogens is 1670 g/mol. The maximum Gasteiger partial charge on any atom is 0.258 e. The van der Waals surface area contributed by atoms with Gasteiger partial charge in [-0.3, -0.25) is 47.9 Å². The first-order valence-electron chi connectivity index (χ1n) is 50.4. The molecule has 2 aromatic carbocycles. The lowest BCUT2D eigenvalue weighted by Crippen LogP contribution is -2.49. The van der Waals surface area contributed by atoms with Gasteiger partial charge in [0.25, 0.3) is 45.5 Å². The lowest BCUT2D eigenvalue weighted by atomic mass is 9.74. The van der Waals surface area contributed by atoms with Crippen molar-refractivity contribution in [3.63, 3.8) is 0 Å². The Bertz CT molecular complexity index is 5660. The van der Waals surface area contributed by atoms with Crippen molar-refractivity contribution in [3.8, 4) is 0 Å². The zero-order valence-corrected chi connectivity index (χ0v) is 84.2. The average Bonchev–Trinajstić information content (AvgIpc) is 1.37. The molecule has 720 valence electrons. The highest BCUT2D eigenvalue weighted by Gasteiger charge is 2.41. The lowest BCUT2D eigenvalue weighted by molar-refractivity contribution is -0.145. The van der Waals surface area contributed by atoms with Crippen molar-refractivity contribution in [1.82, 2.24) is 47.3 Å². The molecule has 0 spiro atoms. The van der Waals surface area contributed by atoms with Crippen LogP contribution in [0.1, 0.15) is 325 Å². The number of likely N-dealkylation sites (tertiary alicyclic amines) is 2. The number of rotatable bonds is 10. The van der Waals surface area contributed by atoms with Gasteiger partial charge in [0.15, 0.2) is 0 Å². The molecule has 2 saturated heterocycles. The SMILES string of the molecule is CC(C)N1CCC2=C(C=CC2)C1=O.CC(C)N1CCC2=C(CC=C2)C1=O.CC(C)N1CCC2CCCC2C1=O.CC(C)N1CCC2CCCCC2C1=O.CC(C)N1CCc2ccccc2C1=O.CC(C)n1ccc2c(c1=O)C=CC2.CC(C)n1ccc2c(c1=O)C=CC2.CC(C)n1ccc2c(c1=O)C=CC2.CC(C)n1ccc2c(c1=O)CCCC2.CC(C)n1ccc2ccccc2c1=O. The Morgan fingerprint density at radius 3 is 1.20 bits per heavy atom. The van der Waals surface area contributed by atoms with Crippen molar-refractivity contribution < 1.29 is 24.0 Å². The number of fused-ring (bicyclic) bond motifs is 8. The van der Waals surface area contributed by atoms with Gasteiger partial charge in [-0.2, -0.15) is 0 Å². The third-order valence-electron chi connectivity index (χ3n) is 28.5. The second-order valence-corrected chi connectivity index (χ2v) is 40.7. The second-order valence-electron chi connectivity index (χ2n) is 40.7. The highest BCUT2D eigenvalue weighted by Crippen LogP contribution is 2.41. The van der Waals surface area contributed by atoms with Gasteiger partial charge in [-0.15, -0.1) is 0 Å². The number of nitrogens with zero attached hydrogens (tertiary/aromatic N) is 10. The van der Waals surface area contributed by atoms with Crippen molar-refractivity contribution in [2.24, 2.45) is 23.7 Å². The molecule has 134 heavy (non-hydrogen) atoms. The van der Waals surface area contributed by atoms with Gasteiger partial charge in [-0.05, 0) is 347 Å². The first kappa shape index (κ1) is 103. The van der Waals surface area contributed by atoms with E-state index < -0.39 is 0 Å². The van der Waals surface area contributed by atoms with Crippen LogP contribution in [-0.4, -0.2) is 140 Å². The van der Waals surface area contributed by atoms with Crippen LogP contribution in [0, 0.1) is 23.7 Å². The van der Waals surface area contributed by atoms with E-state index in [9.17, 15) is 47.9 Å². The van der Waals surface area contributed by atoms with Crippen LogP contribution in [0.4, 0.5) is 0 Å². The topological polar surface area (TPSA) is 212 Å². The average molecular weight is 1820 g/mol. The Hall–Kier alpha value is -11.0. The first-order valence-corrected chi connectivity index (χ1v) is 50.4. The summed E-state index contributed by atoms with van der Waals surface area (Å²) in [5.41, 5.74) is 15.8. The quantitative estimate of drug-likeness (QED) is 0.126. The molecule has 5 aliphatic heterocycles. The summed E-state index contributed by atoms with van der Waals surface area (Å²) in [6.45, 7) is 45.8. The maximum absolute atomic E-state index is 12.1. The zero-order valence-electron chi connectivity index (χ0n) is 84.2. The van der Waals surface area contributed by atoms with E-state index in [4.69, 9.17) is 0 Å². The van der Waals surface area contributed by atoms with Gasteiger partial charge in [-0.1, -0.05) is 122 Å². The van der Waals surface area contributed by atoms with Gasteiger partial charge in [0.05, 0.1) is 0 Å². The Balaban J connectivity index is 0.000000143. The summed E-state index contributed by atoms with van der Waals surface area (Å²) in [5.74, 6) is 3.73. The van der Waals surface area contributed by atoms with Gasteiger partial charge in [0.1, 0.15) is 0 Å². The largest absolute Gasteiger partial charge is 0.340 e. The van der Waals surface area contributed by atoms with Gasteiger partial charge in [-0.25, -0.2) is 0 Å². The molecule has 4 unspecified atom stereocenters. The van der Waals surface area contributed by atoms with E-state index >= 15 is 0 Å². The molecule has 5 aromatic heterocycles.